The van der Waals surface area contributed by atoms with Gasteiger partial charge in [-0.05, 0) is 31.0 Å². The van der Waals surface area contributed by atoms with Crippen LogP contribution < -0.4 is 11.1 Å². The molecule has 0 atom stereocenters. The molecule has 14 heavy (non-hydrogen) atoms. The van der Waals surface area contributed by atoms with Crippen LogP contribution in [0.3, 0.4) is 0 Å². The molecule has 0 spiro atoms. The molecule has 1 aliphatic rings. The number of nitrogens with two attached hydrogens (primary N) is 1. The van der Waals surface area contributed by atoms with Crippen LogP contribution in [-0.4, -0.2) is 17.3 Å². The summed E-state index contributed by atoms with van der Waals surface area (Å²) in [6.45, 7) is 0. The summed E-state index contributed by atoms with van der Waals surface area (Å²) in [6, 6.07) is 4.61. The molecule has 0 unspecified atom stereocenters. The number of aliphatic hydroxyl groups is 1. The lowest BCUT2D eigenvalue weighted by Gasteiger charge is -2.32. The van der Waals surface area contributed by atoms with Crippen molar-refractivity contribution in [2.24, 2.45) is 0 Å². The van der Waals surface area contributed by atoms with Gasteiger partial charge in [0.05, 0.1) is 6.10 Å². The minimum absolute atomic E-state index is 0.210. The van der Waals surface area contributed by atoms with Crippen LogP contribution in [0.1, 0.15) is 12.8 Å². The number of benzene rings is 1. The van der Waals surface area contributed by atoms with E-state index in [1.165, 1.54) is 12.1 Å². The molecule has 2 rings (SSSR count). The quantitative estimate of drug-likeness (QED) is 0.626. The number of hydrogen-bond acceptors (Lipinski definition) is 3. The van der Waals surface area contributed by atoms with E-state index in [0.29, 0.717) is 11.4 Å². The Morgan fingerprint density at radius 1 is 1.36 bits per heavy atom. The van der Waals surface area contributed by atoms with Gasteiger partial charge in [0.15, 0.2) is 0 Å². The minimum atomic E-state index is -0.340. The Morgan fingerprint density at radius 2 is 2.07 bits per heavy atom. The van der Waals surface area contributed by atoms with Crippen LogP contribution in [0.25, 0.3) is 0 Å². The van der Waals surface area contributed by atoms with Crippen LogP contribution in [0, 0.1) is 5.82 Å². The maximum absolute atomic E-state index is 12.9. The van der Waals surface area contributed by atoms with Gasteiger partial charge in [0.25, 0.3) is 0 Å². The molecule has 1 fully saturated rings. The molecule has 0 amide bonds. The molecule has 0 aromatic heterocycles. The van der Waals surface area contributed by atoms with Crippen molar-refractivity contribution in [3.05, 3.63) is 24.0 Å². The fourth-order valence-electron chi connectivity index (χ4n) is 1.64. The van der Waals surface area contributed by atoms with Crippen molar-refractivity contribution >= 4 is 11.4 Å². The van der Waals surface area contributed by atoms with Crippen molar-refractivity contribution < 1.29 is 9.50 Å². The molecular weight excluding hydrogens is 183 g/mol. The predicted molar refractivity (Wildman–Crippen MR) is 53.5 cm³/mol. The first-order valence-corrected chi connectivity index (χ1v) is 4.64. The summed E-state index contributed by atoms with van der Waals surface area (Å²) in [5.74, 6) is -0.340. The summed E-state index contributed by atoms with van der Waals surface area (Å²) in [6.07, 6.45) is 1.23. The maximum atomic E-state index is 12.9. The van der Waals surface area contributed by atoms with E-state index in [1.807, 2.05) is 0 Å². The number of halogens is 1. The number of hydrogen-bond donors (Lipinski definition) is 3. The van der Waals surface area contributed by atoms with E-state index in [2.05, 4.69) is 5.32 Å². The summed E-state index contributed by atoms with van der Waals surface area (Å²) in [5.41, 5.74) is 6.58. The molecule has 0 saturated heterocycles. The molecule has 4 heteroatoms. The summed E-state index contributed by atoms with van der Waals surface area (Å²) in [4.78, 5) is 0. The molecule has 1 saturated carbocycles. The summed E-state index contributed by atoms with van der Waals surface area (Å²) >= 11 is 0. The number of nitrogen functional groups attached to an aromatic ring is 1. The SMILES string of the molecule is Nc1cc(F)cc(NC2CC(O)C2)c1. The topological polar surface area (TPSA) is 58.3 Å². The Labute approximate surface area is 81.7 Å². The summed E-state index contributed by atoms with van der Waals surface area (Å²) in [5, 5.41) is 12.2. The number of aliphatic hydroxyl groups excluding tert-OH is 1. The molecule has 4 N–H and O–H groups in total. The van der Waals surface area contributed by atoms with Gasteiger partial charge in [-0.25, -0.2) is 4.39 Å². The lowest BCUT2D eigenvalue weighted by molar-refractivity contribution is 0.0836. The maximum Gasteiger partial charge on any atom is 0.127 e. The lowest BCUT2D eigenvalue weighted by Crippen LogP contribution is -2.38. The second-order valence-corrected chi connectivity index (χ2v) is 3.74. The molecule has 0 radical (unpaired) electrons. The first kappa shape index (κ1) is 9.27. The van der Waals surface area contributed by atoms with E-state index in [1.54, 1.807) is 6.07 Å². The van der Waals surface area contributed by atoms with Crippen molar-refractivity contribution in [1.82, 2.24) is 0 Å². The van der Waals surface area contributed by atoms with Gasteiger partial charge in [-0.2, -0.15) is 0 Å². The Hall–Kier alpha value is -1.29. The highest BCUT2D eigenvalue weighted by Crippen LogP contribution is 2.25. The van der Waals surface area contributed by atoms with Crippen molar-refractivity contribution in [3.63, 3.8) is 0 Å². The van der Waals surface area contributed by atoms with E-state index in [4.69, 9.17) is 10.8 Å². The normalized spacial score (nSPS) is 25.6. The van der Waals surface area contributed by atoms with Gasteiger partial charge in [0.2, 0.25) is 0 Å². The van der Waals surface area contributed by atoms with Crippen LogP contribution in [0.2, 0.25) is 0 Å². The van der Waals surface area contributed by atoms with Crippen molar-refractivity contribution in [2.75, 3.05) is 11.1 Å². The number of rotatable bonds is 2. The molecule has 1 aromatic carbocycles. The Morgan fingerprint density at radius 3 is 2.64 bits per heavy atom. The van der Waals surface area contributed by atoms with Crippen molar-refractivity contribution in [1.29, 1.82) is 0 Å². The Balaban J connectivity index is 2.02. The number of anilines is 2. The van der Waals surface area contributed by atoms with Gasteiger partial charge >= 0.3 is 0 Å². The third-order valence-corrected chi connectivity index (χ3v) is 2.40. The highest BCUT2D eigenvalue weighted by Gasteiger charge is 2.26. The average molecular weight is 196 g/mol. The Bertz CT molecular complexity index is 317. The fourth-order valence-corrected chi connectivity index (χ4v) is 1.64. The third-order valence-electron chi connectivity index (χ3n) is 2.40. The second kappa shape index (κ2) is 3.46. The summed E-state index contributed by atoms with van der Waals surface area (Å²) < 4.78 is 12.9. The van der Waals surface area contributed by atoms with Gasteiger partial charge in [-0.1, -0.05) is 0 Å². The molecular formula is C10H13FN2O. The van der Waals surface area contributed by atoms with Crippen LogP contribution in [0.5, 0.6) is 0 Å². The van der Waals surface area contributed by atoms with E-state index in [-0.39, 0.29) is 18.0 Å². The summed E-state index contributed by atoms with van der Waals surface area (Å²) in [7, 11) is 0. The predicted octanol–water partition coefficient (Wildman–Crippen LogP) is 1.34. The van der Waals surface area contributed by atoms with Crippen LogP contribution in [0.15, 0.2) is 18.2 Å². The van der Waals surface area contributed by atoms with Crippen LogP contribution in [-0.2, 0) is 0 Å². The van der Waals surface area contributed by atoms with Crippen molar-refractivity contribution in [3.8, 4) is 0 Å². The number of nitrogens with one attached hydrogen (secondary N) is 1. The lowest BCUT2D eigenvalue weighted by atomic mass is 9.89. The molecule has 1 aliphatic carbocycles. The van der Waals surface area contributed by atoms with E-state index in [9.17, 15) is 4.39 Å². The first-order valence-electron chi connectivity index (χ1n) is 4.64. The van der Waals surface area contributed by atoms with Gasteiger partial charge in [0, 0.05) is 17.4 Å². The highest BCUT2D eigenvalue weighted by atomic mass is 19.1. The second-order valence-electron chi connectivity index (χ2n) is 3.74. The van der Waals surface area contributed by atoms with E-state index in [0.717, 1.165) is 12.8 Å². The van der Waals surface area contributed by atoms with Crippen molar-refractivity contribution in [2.45, 2.75) is 25.0 Å². The minimum Gasteiger partial charge on any atom is -0.399 e. The highest BCUT2D eigenvalue weighted by molar-refractivity contribution is 5.55. The first-order chi connectivity index (χ1) is 6.63. The van der Waals surface area contributed by atoms with Gasteiger partial charge in [0.1, 0.15) is 5.82 Å². The average Bonchev–Trinajstić information content (AvgIpc) is 1.99. The zero-order chi connectivity index (χ0) is 10.1. The molecule has 1 aromatic rings. The van der Waals surface area contributed by atoms with Gasteiger partial charge in [-0.3, -0.25) is 0 Å². The molecule has 0 bridgehead atoms. The molecule has 76 valence electrons. The molecule has 3 nitrogen and oxygen atoms in total. The molecule has 0 aliphatic heterocycles. The van der Waals surface area contributed by atoms with Gasteiger partial charge < -0.3 is 16.2 Å². The van der Waals surface area contributed by atoms with Crippen LogP contribution in [0.4, 0.5) is 15.8 Å². The zero-order valence-corrected chi connectivity index (χ0v) is 7.70. The van der Waals surface area contributed by atoms with E-state index >= 15 is 0 Å². The third kappa shape index (κ3) is 1.96. The smallest absolute Gasteiger partial charge is 0.127 e. The van der Waals surface area contributed by atoms with Gasteiger partial charge in [-0.15, -0.1) is 0 Å². The van der Waals surface area contributed by atoms with Crippen LogP contribution >= 0.6 is 0 Å². The monoisotopic (exact) mass is 196 g/mol. The Kier molecular flexibility index (Phi) is 2.29. The zero-order valence-electron chi connectivity index (χ0n) is 7.70. The standard InChI is InChI=1S/C10H13FN2O/c11-6-1-7(12)3-8(2-6)13-9-4-10(14)5-9/h1-3,9-10,13-14H,4-5,12H2. The van der Waals surface area contributed by atoms with E-state index < -0.39 is 0 Å². The molecule has 0 heterocycles. The fraction of sp³-hybridized carbons (Fsp3) is 0.400. The largest absolute Gasteiger partial charge is 0.399 e.